The Hall–Kier alpha value is -6.99. The summed E-state index contributed by atoms with van der Waals surface area (Å²) < 4.78 is 40.6. The van der Waals surface area contributed by atoms with Gasteiger partial charge in [0.25, 0.3) is 17.3 Å². The van der Waals surface area contributed by atoms with E-state index < -0.39 is 150 Å². The van der Waals surface area contributed by atoms with Gasteiger partial charge in [-0.1, -0.05) is 0 Å². The number of ether oxygens (including phenoxy) is 7. The average Bonchev–Trinajstić information content (AvgIpc) is 3.44. The van der Waals surface area contributed by atoms with Crippen molar-refractivity contribution in [2.75, 3.05) is 39.9 Å². The Morgan fingerprint density at radius 1 is 0.810 bits per heavy atom. The van der Waals surface area contributed by atoms with Crippen molar-refractivity contribution in [3.63, 3.8) is 0 Å². The Morgan fingerprint density at radius 2 is 1.35 bits per heavy atom. The van der Waals surface area contributed by atoms with Crippen LogP contribution in [0.4, 0.5) is 30.6 Å². The maximum Gasteiger partial charge on any atom is 0.410 e. The molecule has 0 spiro atoms. The zero-order valence-electron chi connectivity index (χ0n) is 45.0. The number of aliphatic hydroxyl groups is 5. The monoisotopic (exact) mass is 1120 g/mol. The number of benzene rings is 2. The number of nitrogens with zero attached hydrogens (tertiary/aromatic N) is 3. The highest BCUT2D eigenvalue weighted by Gasteiger charge is 2.56. The number of hydrogen-bond acceptors (Lipinski definition) is 22. The lowest BCUT2D eigenvalue weighted by Gasteiger charge is -2.52. The highest BCUT2D eigenvalue weighted by Crippen LogP contribution is 2.39. The third kappa shape index (κ3) is 18.3. The van der Waals surface area contributed by atoms with Gasteiger partial charge in [-0.25, -0.2) is 19.2 Å². The first-order chi connectivity index (χ1) is 37.0. The summed E-state index contributed by atoms with van der Waals surface area (Å²) in [6, 6.07) is 4.87. The van der Waals surface area contributed by atoms with Crippen molar-refractivity contribution in [2.45, 2.75) is 152 Å². The normalized spacial score (nSPS) is 26.4. The van der Waals surface area contributed by atoms with Crippen LogP contribution in [-0.2, 0) is 51.2 Å². The van der Waals surface area contributed by atoms with E-state index in [2.05, 4.69) is 26.6 Å². The number of nitro benzene ring substituents is 2. The molecule has 29 heteroatoms. The van der Waals surface area contributed by atoms with E-state index in [1.165, 1.54) is 62.5 Å². The molecule has 1 saturated heterocycles. The fourth-order valence-corrected chi connectivity index (χ4v) is 9.04. The van der Waals surface area contributed by atoms with Crippen LogP contribution in [0.2, 0.25) is 0 Å². The summed E-state index contributed by atoms with van der Waals surface area (Å²) in [7, 11) is 1.27. The van der Waals surface area contributed by atoms with Gasteiger partial charge in [0.2, 0.25) is 0 Å². The van der Waals surface area contributed by atoms with Gasteiger partial charge in [0.1, 0.15) is 60.2 Å². The van der Waals surface area contributed by atoms with Gasteiger partial charge in [-0.2, -0.15) is 0 Å². The molecule has 2 aromatic carbocycles. The third-order valence-electron chi connectivity index (χ3n) is 12.6. The SMILES string of the molecule is CN(C(=O)OC(C)(C)C)[C@@H]1[C@@H](O)[C@@H](O[C@H]2[C@H](NC(=O)[C@@H](O)CNC(=O)OC(C)(C)C)C[C@H](NC(=O)OCc3ccc([N+](=O)[O-])cc3)C([C@H]3OC(CNCCO)=CC[C@H]3NC(=O)OCc3ccc([N+](=O)[O-])cc3)[C@@H]2O)OC[C@]1(C)O. The predicted octanol–water partition coefficient (Wildman–Crippen LogP) is 1.49. The minimum atomic E-state index is -1.98. The van der Waals surface area contributed by atoms with E-state index in [1.807, 2.05) is 0 Å². The average molecular weight is 1120 g/mol. The summed E-state index contributed by atoms with van der Waals surface area (Å²) in [5.74, 6) is -2.33. The molecular weight excluding hydrogens is 1050 g/mol. The highest BCUT2D eigenvalue weighted by molar-refractivity contribution is 5.82. The number of nitrogens with one attached hydrogen (secondary N) is 5. The second-order valence-electron chi connectivity index (χ2n) is 21.4. The molecule has 0 radical (unpaired) electrons. The predicted molar refractivity (Wildman–Crippen MR) is 273 cm³/mol. The lowest BCUT2D eigenvalue weighted by molar-refractivity contribution is -0.385. The molecule has 2 aromatic rings. The van der Waals surface area contributed by atoms with Crippen molar-refractivity contribution in [3.8, 4) is 0 Å². The highest BCUT2D eigenvalue weighted by atomic mass is 16.7. The molecule has 438 valence electrons. The van der Waals surface area contributed by atoms with E-state index in [1.54, 1.807) is 47.6 Å². The van der Waals surface area contributed by atoms with Crippen LogP contribution in [0.3, 0.4) is 0 Å². The smallest absolute Gasteiger partial charge is 0.410 e. The quantitative estimate of drug-likeness (QED) is 0.0388. The molecule has 0 aromatic heterocycles. The molecule has 29 nitrogen and oxygen atoms in total. The molecule has 10 N–H and O–H groups in total. The van der Waals surface area contributed by atoms with Crippen molar-refractivity contribution in [3.05, 3.63) is 91.7 Å². The molecule has 12 atom stereocenters. The van der Waals surface area contributed by atoms with Gasteiger partial charge >= 0.3 is 24.4 Å². The number of amides is 5. The first kappa shape index (κ1) is 62.8. The number of hydrogen-bond donors (Lipinski definition) is 10. The van der Waals surface area contributed by atoms with Crippen LogP contribution in [0.1, 0.15) is 72.4 Å². The first-order valence-corrected chi connectivity index (χ1v) is 25.2. The summed E-state index contributed by atoms with van der Waals surface area (Å²) in [6.45, 7) is 8.75. The van der Waals surface area contributed by atoms with E-state index in [0.717, 1.165) is 4.90 Å². The van der Waals surface area contributed by atoms with E-state index >= 15 is 0 Å². The molecule has 3 aliphatic rings. The Bertz CT molecular complexity index is 2470. The molecule has 1 saturated carbocycles. The lowest BCUT2D eigenvalue weighted by Crippen LogP contribution is -2.71. The van der Waals surface area contributed by atoms with E-state index in [0.29, 0.717) is 11.1 Å². The van der Waals surface area contributed by atoms with Crippen molar-refractivity contribution in [2.24, 2.45) is 5.92 Å². The molecular formula is C50H72N8O21. The number of carbonyl (C=O) groups excluding carboxylic acids is 5. The van der Waals surface area contributed by atoms with Crippen molar-refractivity contribution in [1.29, 1.82) is 0 Å². The van der Waals surface area contributed by atoms with Gasteiger partial charge < -0.3 is 90.2 Å². The van der Waals surface area contributed by atoms with E-state index in [4.69, 9.17) is 33.2 Å². The third-order valence-corrected chi connectivity index (χ3v) is 12.6. The minimum absolute atomic E-state index is 0.00891. The molecule has 5 amide bonds. The largest absolute Gasteiger partial charge is 0.491 e. The van der Waals surface area contributed by atoms with Crippen LogP contribution in [0, 0.1) is 26.1 Å². The Morgan fingerprint density at radius 3 is 1.87 bits per heavy atom. The summed E-state index contributed by atoms with van der Waals surface area (Å²) in [4.78, 5) is 89.7. The van der Waals surface area contributed by atoms with E-state index in [-0.39, 0.29) is 49.9 Å². The van der Waals surface area contributed by atoms with Gasteiger partial charge in [0.15, 0.2) is 6.29 Å². The lowest BCUT2D eigenvalue weighted by atomic mass is 9.72. The molecule has 2 heterocycles. The minimum Gasteiger partial charge on any atom is -0.491 e. The maximum atomic E-state index is 14.0. The van der Waals surface area contributed by atoms with Gasteiger partial charge in [-0.05, 0) is 103 Å². The topological polar surface area (TPSA) is 401 Å². The zero-order valence-corrected chi connectivity index (χ0v) is 45.0. The summed E-state index contributed by atoms with van der Waals surface area (Å²) >= 11 is 0. The Labute approximate surface area is 454 Å². The molecule has 2 aliphatic heterocycles. The summed E-state index contributed by atoms with van der Waals surface area (Å²) in [5, 5.41) is 93.0. The maximum absolute atomic E-state index is 14.0. The molecule has 2 fully saturated rings. The van der Waals surface area contributed by atoms with E-state index in [9.17, 15) is 69.7 Å². The number of alkyl carbamates (subject to hydrolysis) is 3. The number of likely N-dealkylation sites (N-methyl/N-ethyl adjacent to an activating group) is 1. The Balaban J connectivity index is 1.56. The summed E-state index contributed by atoms with van der Waals surface area (Å²) in [5.41, 5.74) is -3.60. The molecule has 0 bridgehead atoms. The molecule has 1 unspecified atom stereocenters. The number of aliphatic hydroxyl groups excluding tert-OH is 4. The van der Waals surface area contributed by atoms with Crippen LogP contribution < -0.4 is 26.6 Å². The second kappa shape index (κ2) is 27.3. The van der Waals surface area contributed by atoms with Crippen LogP contribution in [0.15, 0.2) is 60.4 Å². The number of carbonyl (C=O) groups is 5. The Kier molecular flexibility index (Phi) is 21.7. The van der Waals surface area contributed by atoms with Gasteiger partial charge in [-0.3, -0.25) is 25.0 Å². The second-order valence-corrected chi connectivity index (χ2v) is 21.4. The number of rotatable bonds is 20. The standard InChI is InChI=1S/C50H72N8O21/c1-48(2,3)78-44(64)52-23-35(60)42(63)53-34-21-33(55-46(66)74-25-28-11-15-30(16-12-28)58(71)72)36(37(61)40(34)77-43-38(62)41(50(7,68)26-75-43)56(8)47(67)79-49(4,5)6)39-32(18-17-31(76-39)22-51-19-20-59)54-45(65)73-24-27-9-13-29(14-10-27)57(69)70/h9-17,32-41,43,51,59-62,68H,18-26H2,1-8H3,(H,52,64)(H,53,63)(H,54,65)(H,55,66)/t32-,33+,34-,35+,36?,37+,38-,39+,40+,41-,43-,50+/m1/s1. The fourth-order valence-electron chi connectivity index (χ4n) is 9.04. The molecule has 5 rings (SSSR count). The van der Waals surface area contributed by atoms with Crippen molar-refractivity contribution < 1.29 is 92.5 Å². The molecule has 79 heavy (non-hydrogen) atoms. The van der Waals surface area contributed by atoms with Crippen LogP contribution in [-0.4, -0.2) is 188 Å². The van der Waals surface area contributed by atoms with Crippen LogP contribution >= 0.6 is 0 Å². The first-order valence-electron chi connectivity index (χ1n) is 25.2. The van der Waals surface area contributed by atoms with Crippen LogP contribution in [0.25, 0.3) is 0 Å². The zero-order chi connectivity index (χ0) is 58.6. The molecule has 1 aliphatic carbocycles. The van der Waals surface area contributed by atoms with Crippen molar-refractivity contribution in [1.82, 2.24) is 31.5 Å². The van der Waals surface area contributed by atoms with Gasteiger partial charge in [0, 0.05) is 49.8 Å². The fraction of sp³-hybridized carbons (Fsp3) is 0.620. The number of non-ortho nitro benzene ring substituents is 2. The summed E-state index contributed by atoms with van der Waals surface area (Å²) in [6.07, 6.45) is -13.7. The van der Waals surface area contributed by atoms with Crippen molar-refractivity contribution >= 4 is 41.7 Å². The van der Waals surface area contributed by atoms with Crippen LogP contribution in [0.5, 0.6) is 0 Å². The van der Waals surface area contributed by atoms with Gasteiger partial charge in [-0.15, -0.1) is 0 Å². The van der Waals surface area contributed by atoms with Gasteiger partial charge in [0.05, 0.1) is 60.4 Å². The number of nitro groups is 2.